The van der Waals surface area contributed by atoms with Crippen molar-refractivity contribution in [1.29, 1.82) is 0 Å². The molecule has 0 spiro atoms. The Kier molecular flexibility index (Phi) is 4.64. The van der Waals surface area contributed by atoms with Gasteiger partial charge in [0.05, 0.1) is 12.2 Å². The Balaban J connectivity index is 2.08. The van der Waals surface area contributed by atoms with Crippen molar-refractivity contribution < 1.29 is 9.13 Å². The van der Waals surface area contributed by atoms with Gasteiger partial charge in [0, 0.05) is 17.6 Å². The van der Waals surface area contributed by atoms with E-state index in [1.807, 2.05) is 0 Å². The van der Waals surface area contributed by atoms with E-state index in [-0.39, 0.29) is 23.4 Å². The Morgan fingerprint density at radius 3 is 2.74 bits per heavy atom. The highest BCUT2D eigenvalue weighted by molar-refractivity contribution is 9.10. The number of ether oxygens (including phenoxy) is 1. The molecule has 0 aromatic heterocycles. The molecule has 0 bridgehead atoms. The maximum Gasteiger partial charge on any atom is 0.124 e. The molecule has 2 unspecified atom stereocenters. The highest BCUT2D eigenvalue weighted by Crippen LogP contribution is 2.32. The second kappa shape index (κ2) is 5.90. The predicted molar refractivity (Wildman–Crippen MR) is 78.7 cm³/mol. The summed E-state index contributed by atoms with van der Waals surface area (Å²) in [5.74, 6) is -0.231. The van der Waals surface area contributed by atoms with E-state index >= 15 is 0 Å². The van der Waals surface area contributed by atoms with Crippen LogP contribution in [0.4, 0.5) is 4.39 Å². The number of halogens is 2. The molecule has 19 heavy (non-hydrogen) atoms. The molecule has 1 aliphatic heterocycles. The third-order valence-electron chi connectivity index (χ3n) is 3.21. The molecule has 1 aliphatic rings. The van der Waals surface area contributed by atoms with Gasteiger partial charge in [-0.25, -0.2) is 4.39 Å². The molecule has 106 valence electrons. The van der Waals surface area contributed by atoms with Crippen LogP contribution in [-0.2, 0) is 4.74 Å². The summed E-state index contributed by atoms with van der Waals surface area (Å²) in [6.07, 6.45) is 1.20. The van der Waals surface area contributed by atoms with Gasteiger partial charge in [0.2, 0.25) is 0 Å². The van der Waals surface area contributed by atoms with Crippen molar-refractivity contribution in [2.75, 3.05) is 13.1 Å². The Morgan fingerprint density at radius 1 is 1.37 bits per heavy atom. The van der Waals surface area contributed by atoms with E-state index in [1.54, 1.807) is 6.07 Å². The molecule has 1 aromatic rings. The molecule has 2 atom stereocenters. The minimum absolute atomic E-state index is 0.0175. The van der Waals surface area contributed by atoms with E-state index in [4.69, 9.17) is 4.74 Å². The monoisotopic (exact) mass is 329 g/mol. The highest BCUT2D eigenvalue weighted by atomic mass is 79.9. The molecule has 0 radical (unpaired) electrons. The first kappa shape index (κ1) is 14.9. The molecule has 1 aromatic carbocycles. The normalized spacial score (nSPS) is 24.5. The van der Waals surface area contributed by atoms with Crippen molar-refractivity contribution in [3.63, 3.8) is 0 Å². The number of hydrogen-bond donors (Lipinski definition) is 1. The molecule has 4 heteroatoms. The third kappa shape index (κ3) is 4.26. The number of nitrogens with one attached hydrogen (secondary N) is 1. The standard InChI is InChI=1S/C15H21BrFNO/c1-15(2,3)7-11-8-18-9-14(19-11)12-5-4-10(17)6-13(12)16/h4-6,11,14,18H,7-9H2,1-3H3. The fourth-order valence-corrected chi connectivity index (χ4v) is 3.06. The lowest BCUT2D eigenvalue weighted by atomic mass is 9.88. The Bertz CT molecular complexity index is 444. The zero-order valence-electron chi connectivity index (χ0n) is 11.7. The van der Waals surface area contributed by atoms with Crippen LogP contribution >= 0.6 is 15.9 Å². The minimum atomic E-state index is -0.231. The smallest absolute Gasteiger partial charge is 0.124 e. The molecule has 0 amide bonds. The van der Waals surface area contributed by atoms with Crippen LogP contribution in [0.2, 0.25) is 0 Å². The Hall–Kier alpha value is -0.450. The second-order valence-electron chi connectivity index (χ2n) is 6.34. The van der Waals surface area contributed by atoms with Gasteiger partial charge in [0.1, 0.15) is 5.82 Å². The summed E-state index contributed by atoms with van der Waals surface area (Å²) in [5.41, 5.74) is 1.25. The molecule has 1 heterocycles. The molecular formula is C15H21BrFNO. The summed E-state index contributed by atoms with van der Waals surface area (Å²) in [5, 5.41) is 3.41. The summed E-state index contributed by atoms with van der Waals surface area (Å²) >= 11 is 3.42. The highest BCUT2D eigenvalue weighted by Gasteiger charge is 2.28. The van der Waals surface area contributed by atoms with E-state index in [0.29, 0.717) is 0 Å². The fourth-order valence-electron chi connectivity index (χ4n) is 2.45. The lowest BCUT2D eigenvalue weighted by Crippen LogP contribution is -2.42. The van der Waals surface area contributed by atoms with Crippen LogP contribution in [0.1, 0.15) is 38.9 Å². The molecule has 0 aliphatic carbocycles. The number of hydrogen-bond acceptors (Lipinski definition) is 2. The van der Waals surface area contributed by atoms with Crippen LogP contribution < -0.4 is 5.32 Å². The van der Waals surface area contributed by atoms with Gasteiger partial charge < -0.3 is 10.1 Å². The van der Waals surface area contributed by atoms with Crippen molar-refractivity contribution in [1.82, 2.24) is 5.32 Å². The van der Waals surface area contributed by atoms with Gasteiger partial charge in [0.25, 0.3) is 0 Å². The summed E-state index contributed by atoms with van der Waals surface area (Å²) in [7, 11) is 0. The van der Waals surface area contributed by atoms with Gasteiger partial charge in [-0.3, -0.25) is 0 Å². The van der Waals surface area contributed by atoms with Gasteiger partial charge in [0.15, 0.2) is 0 Å². The first-order chi connectivity index (χ1) is 8.85. The van der Waals surface area contributed by atoms with Crippen molar-refractivity contribution >= 4 is 15.9 Å². The summed E-state index contributed by atoms with van der Waals surface area (Å²) < 4.78 is 20.1. The first-order valence-electron chi connectivity index (χ1n) is 6.66. The molecule has 1 fully saturated rings. The molecule has 1 N–H and O–H groups in total. The van der Waals surface area contributed by atoms with Gasteiger partial charge >= 0.3 is 0 Å². The molecule has 0 saturated carbocycles. The quantitative estimate of drug-likeness (QED) is 0.883. The van der Waals surface area contributed by atoms with E-state index in [1.165, 1.54) is 12.1 Å². The SMILES string of the molecule is CC(C)(C)CC1CNCC(c2ccc(F)cc2Br)O1. The second-order valence-corrected chi connectivity index (χ2v) is 7.19. The zero-order chi connectivity index (χ0) is 14.0. The van der Waals surface area contributed by atoms with Crippen LogP contribution in [0, 0.1) is 11.2 Å². The lowest BCUT2D eigenvalue weighted by Gasteiger charge is -2.35. The molecule has 2 rings (SSSR count). The van der Waals surface area contributed by atoms with Crippen molar-refractivity contribution in [3.05, 3.63) is 34.1 Å². The van der Waals surface area contributed by atoms with E-state index < -0.39 is 0 Å². The van der Waals surface area contributed by atoms with Crippen LogP contribution in [0.15, 0.2) is 22.7 Å². The minimum Gasteiger partial charge on any atom is -0.368 e. The van der Waals surface area contributed by atoms with Crippen molar-refractivity contribution in [2.24, 2.45) is 5.41 Å². The molecular weight excluding hydrogens is 309 g/mol. The van der Waals surface area contributed by atoms with Crippen LogP contribution in [-0.4, -0.2) is 19.2 Å². The maximum atomic E-state index is 13.1. The zero-order valence-corrected chi connectivity index (χ0v) is 13.3. The van der Waals surface area contributed by atoms with Gasteiger partial charge in [-0.2, -0.15) is 0 Å². The summed E-state index contributed by atoms with van der Waals surface area (Å²) in [6.45, 7) is 8.30. The number of morpholine rings is 1. The average molecular weight is 330 g/mol. The Morgan fingerprint density at radius 2 is 2.11 bits per heavy atom. The van der Waals surface area contributed by atoms with Gasteiger partial charge in [-0.05, 0) is 29.5 Å². The average Bonchev–Trinajstić information content (AvgIpc) is 2.26. The molecule has 2 nitrogen and oxygen atoms in total. The topological polar surface area (TPSA) is 21.3 Å². The van der Waals surface area contributed by atoms with Crippen LogP contribution in [0.5, 0.6) is 0 Å². The predicted octanol–water partition coefficient (Wildman–Crippen LogP) is 4.05. The van der Waals surface area contributed by atoms with E-state index in [9.17, 15) is 4.39 Å². The van der Waals surface area contributed by atoms with Crippen molar-refractivity contribution in [2.45, 2.75) is 39.4 Å². The number of benzene rings is 1. The lowest BCUT2D eigenvalue weighted by molar-refractivity contribution is -0.0555. The largest absolute Gasteiger partial charge is 0.368 e. The van der Waals surface area contributed by atoms with Crippen LogP contribution in [0.3, 0.4) is 0 Å². The fraction of sp³-hybridized carbons (Fsp3) is 0.600. The first-order valence-corrected chi connectivity index (χ1v) is 7.45. The Labute approximate surface area is 122 Å². The van der Waals surface area contributed by atoms with Crippen molar-refractivity contribution in [3.8, 4) is 0 Å². The van der Waals surface area contributed by atoms with Crippen LogP contribution in [0.25, 0.3) is 0 Å². The van der Waals surface area contributed by atoms with E-state index in [2.05, 4.69) is 42.0 Å². The third-order valence-corrected chi connectivity index (χ3v) is 3.89. The van der Waals surface area contributed by atoms with Gasteiger partial charge in [-0.15, -0.1) is 0 Å². The summed E-state index contributed by atoms with van der Waals surface area (Å²) in [4.78, 5) is 0. The van der Waals surface area contributed by atoms with Gasteiger partial charge in [-0.1, -0.05) is 42.8 Å². The van der Waals surface area contributed by atoms with E-state index in [0.717, 1.165) is 29.5 Å². The maximum absolute atomic E-state index is 13.1. The number of rotatable bonds is 2. The molecule has 1 saturated heterocycles. The summed E-state index contributed by atoms with van der Waals surface area (Å²) in [6, 6.07) is 4.77.